The molecular weight excluding hydrogens is 228 g/mol. The molecule has 0 saturated carbocycles. The van der Waals surface area contributed by atoms with Crippen molar-refractivity contribution >= 4 is 17.4 Å². The van der Waals surface area contributed by atoms with Gasteiger partial charge < -0.3 is 9.84 Å². The normalized spacial score (nSPS) is 10.4. The van der Waals surface area contributed by atoms with Crippen LogP contribution in [0.25, 0.3) is 0 Å². The molecule has 0 spiro atoms. The highest BCUT2D eigenvalue weighted by Crippen LogP contribution is 2.11. The van der Waals surface area contributed by atoms with Gasteiger partial charge in [0.25, 0.3) is 0 Å². The molecule has 0 aliphatic heterocycles. The number of anilines is 1. The van der Waals surface area contributed by atoms with Gasteiger partial charge in [0.05, 0.1) is 6.54 Å². The number of rotatable bonds is 3. The molecule has 1 N–H and O–H groups in total. The van der Waals surface area contributed by atoms with E-state index in [9.17, 15) is 0 Å². The van der Waals surface area contributed by atoms with Crippen LogP contribution in [0.2, 0.25) is 5.28 Å². The van der Waals surface area contributed by atoms with Crippen LogP contribution in [0.4, 0.5) is 5.82 Å². The zero-order chi connectivity index (χ0) is 11.5. The van der Waals surface area contributed by atoms with Gasteiger partial charge >= 0.3 is 0 Å². The quantitative estimate of drug-likeness (QED) is 0.832. The molecule has 5 nitrogen and oxygen atoms in total. The largest absolute Gasteiger partial charge is 0.364 e. The Morgan fingerprint density at radius 2 is 2.12 bits per heavy atom. The van der Waals surface area contributed by atoms with Crippen LogP contribution in [0.3, 0.4) is 0 Å². The Kier molecular flexibility index (Phi) is 3.05. The van der Waals surface area contributed by atoms with Gasteiger partial charge in [0.15, 0.2) is 0 Å². The molecule has 0 fully saturated rings. The van der Waals surface area contributed by atoms with E-state index in [1.165, 1.54) is 0 Å². The molecule has 0 aliphatic rings. The van der Waals surface area contributed by atoms with E-state index in [-0.39, 0.29) is 5.28 Å². The second kappa shape index (κ2) is 4.49. The van der Waals surface area contributed by atoms with Crippen LogP contribution < -0.4 is 5.32 Å². The molecule has 6 heteroatoms. The zero-order valence-electron chi connectivity index (χ0n) is 8.99. The van der Waals surface area contributed by atoms with E-state index in [1.807, 2.05) is 26.0 Å². The van der Waals surface area contributed by atoms with Crippen LogP contribution in [0.15, 0.2) is 16.7 Å². The number of nitrogens with zero attached hydrogens (tertiary/aromatic N) is 3. The summed E-state index contributed by atoms with van der Waals surface area (Å²) in [7, 11) is 0. The summed E-state index contributed by atoms with van der Waals surface area (Å²) in [5, 5.41) is 7.19. The number of nitrogens with one attached hydrogen (secondary N) is 1. The number of hydrogen-bond donors (Lipinski definition) is 1. The average Bonchev–Trinajstić information content (AvgIpc) is 2.60. The molecule has 0 aliphatic carbocycles. The van der Waals surface area contributed by atoms with Crippen molar-refractivity contribution in [1.29, 1.82) is 0 Å². The first kappa shape index (κ1) is 10.9. The van der Waals surface area contributed by atoms with Crippen molar-refractivity contribution in [2.45, 2.75) is 20.4 Å². The molecule has 2 aromatic heterocycles. The summed E-state index contributed by atoms with van der Waals surface area (Å²) in [6, 6.07) is 3.68. The maximum Gasteiger partial charge on any atom is 0.224 e. The third kappa shape index (κ3) is 2.70. The van der Waals surface area contributed by atoms with Crippen molar-refractivity contribution in [2.24, 2.45) is 0 Å². The van der Waals surface area contributed by atoms with Crippen LogP contribution in [-0.2, 0) is 6.54 Å². The topological polar surface area (TPSA) is 63.8 Å². The maximum absolute atomic E-state index is 5.74. The van der Waals surface area contributed by atoms with Crippen molar-refractivity contribution in [3.05, 3.63) is 34.6 Å². The summed E-state index contributed by atoms with van der Waals surface area (Å²) >= 11 is 5.74. The molecular formula is C10H11ClN4O. The van der Waals surface area contributed by atoms with Gasteiger partial charge in [-0.05, 0) is 25.4 Å². The van der Waals surface area contributed by atoms with Gasteiger partial charge in [-0.25, -0.2) is 9.97 Å². The monoisotopic (exact) mass is 238 g/mol. The van der Waals surface area contributed by atoms with Crippen molar-refractivity contribution in [2.75, 3.05) is 5.32 Å². The summed E-state index contributed by atoms with van der Waals surface area (Å²) in [5.41, 5.74) is 1.64. The first-order valence-electron chi connectivity index (χ1n) is 4.81. The van der Waals surface area contributed by atoms with Gasteiger partial charge in [0.1, 0.15) is 17.3 Å². The molecule has 0 radical (unpaired) electrons. The van der Waals surface area contributed by atoms with E-state index in [0.29, 0.717) is 12.4 Å². The summed E-state index contributed by atoms with van der Waals surface area (Å²) in [5.74, 6) is 1.46. The fraction of sp³-hybridized carbons (Fsp3) is 0.300. The second-order valence-electron chi connectivity index (χ2n) is 3.45. The fourth-order valence-electron chi connectivity index (χ4n) is 1.31. The number of aromatic nitrogens is 3. The third-order valence-corrected chi connectivity index (χ3v) is 2.12. The van der Waals surface area contributed by atoms with Crippen molar-refractivity contribution < 1.29 is 4.52 Å². The van der Waals surface area contributed by atoms with Gasteiger partial charge in [-0.1, -0.05) is 5.16 Å². The highest BCUT2D eigenvalue weighted by molar-refractivity contribution is 6.28. The number of hydrogen-bond acceptors (Lipinski definition) is 5. The van der Waals surface area contributed by atoms with E-state index in [4.69, 9.17) is 16.1 Å². The van der Waals surface area contributed by atoms with Crippen molar-refractivity contribution in [1.82, 2.24) is 15.1 Å². The lowest BCUT2D eigenvalue weighted by Crippen LogP contribution is -2.02. The van der Waals surface area contributed by atoms with Crippen molar-refractivity contribution in [3.63, 3.8) is 0 Å². The van der Waals surface area contributed by atoms with E-state index >= 15 is 0 Å². The lowest BCUT2D eigenvalue weighted by atomic mass is 10.3. The van der Waals surface area contributed by atoms with Crippen LogP contribution >= 0.6 is 11.6 Å². The summed E-state index contributed by atoms with van der Waals surface area (Å²) in [6.45, 7) is 4.26. The Labute approximate surface area is 97.8 Å². The number of aryl methyl sites for hydroxylation is 2. The van der Waals surface area contributed by atoms with Crippen LogP contribution in [-0.4, -0.2) is 15.1 Å². The van der Waals surface area contributed by atoms with Crippen LogP contribution in [0.1, 0.15) is 17.1 Å². The lowest BCUT2D eigenvalue weighted by molar-refractivity contribution is 0.391. The summed E-state index contributed by atoms with van der Waals surface area (Å²) in [6.07, 6.45) is 0. The third-order valence-electron chi connectivity index (χ3n) is 1.95. The Balaban J connectivity index is 2.04. The SMILES string of the molecule is Cc1cc(NCc2cc(C)on2)nc(Cl)n1. The molecule has 0 atom stereocenters. The van der Waals surface area contributed by atoms with E-state index in [1.54, 1.807) is 0 Å². The Hall–Kier alpha value is -1.62. The minimum Gasteiger partial charge on any atom is -0.364 e. The van der Waals surface area contributed by atoms with Crippen molar-refractivity contribution in [3.8, 4) is 0 Å². The van der Waals surface area contributed by atoms with E-state index < -0.39 is 0 Å². The van der Waals surface area contributed by atoms with Crippen LogP contribution in [0.5, 0.6) is 0 Å². The summed E-state index contributed by atoms with van der Waals surface area (Å²) < 4.78 is 4.95. The minimum atomic E-state index is 0.235. The molecule has 84 valence electrons. The van der Waals surface area contributed by atoms with Gasteiger partial charge in [-0.15, -0.1) is 0 Å². The predicted octanol–water partition coefficient (Wildman–Crippen LogP) is 2.35. The molecule has 0 unspecified atom stereocenters. The van der Waals surface area contributed by atoms with Gasteiger partial charge in [0, 0.05) is 17.8 Å². The predicted molar refractivity (Wildman–Crippen MR) is 60.3 cm³/mol. The van der Waals surface area contributed by atoms with Gasteiger partial charge in [-0.2, -0.15) is 0 Å². The van der Waals surface area contributed by atoms with E-state index in [2.05, 4.69) is 20.4 Å². The first-order valence-corrected chi connectivity index (χ1v) is 5.18. The lowest BCUT2D eigenvalue weighted by Gasteiger charge is -2.03. The highest BCUT2D eigenvalue weighted by Gasteiger charge is 2.02. The van der Waals surface area contributed by atoms with E-state index in [0.717, 1.165) is 17.1 Å². The zero-order valence-corrected chi connectivity index (χ0v) is 9.75. The summed E-state index contributed by atoms with van der Waals surface area (Å²) in [4.78, 5) is 8.01. The molecule has 16 heavy (non-hydrogen) atoms. The number of halogens is 1. The molecule has 0 amide bonds. The fourth-order valence-corrected chi connectivity index (χ4v) is 1.53. The molecule has 2 rings (SSSR count). The highest BCUT2D eigenvalue weighted by atomic mass is 35.5. The minimum absolute atomic E-state index is 0.235. The Bertz CT molecular complexity index is 477. The maximum atomic E-state index is 5.74. The van der Waals surface area contributed by atoms with Crippen LogP contribution in [0, 0.1) is 13.8 Å². The first-order chi connectivity index (χ1) is 7.63. The molecule has 0 bridgehead atoms. The standard InChI is InChI=1S/C10H11ClN4O/c1-6-3-9(14-10(11)13-6)12-5-8-4-7(2)16-15-8/h3-4H,5H2,1-2H3,(H,12,13,14). The smallest absolute Gasteiger partial charge is 0.224 e. The van der Waals surface area contributed by atoms with Gasteiger partial charge in [0.2, 0.25) is 5.28 Å². The van der Waals surface area contributed by atoms with Gasteiger partial charge in [-0.3, -0.25) is 0 Å². The Morgan fingerprint density at radius 3 is 2.75 bits per heavy atom. The molecule has 2 heterocycles. The average molecular weight is 239 g/mol. The Morgan fingerprint density at radius 1 is 1.31 bits per heavy atom. The molecule has 2 aromatic rings. The molecule has 0 aromatic carbocycles. The second-order valence-corrected chi connectivity index (χ2v) is 3.78. The molecule has 0 saturated heterocycles.